The van der Waals surface area contributed by atoms with Gasteiger partial charge in [-0.05, 0) is 34.2 Å². The van der Waals surface area contributed by atoms with E-state index in [1.54, 1.807) is 11.3 Å². The van der Waals surface area contributed by atoms with Crippen molar-refractivity contribution in [2.75, 3.05) is 0 Å². The molecule has 0 saturated carbocycles. The SMILES string of the molecule is S=c1[nH]cc(-c2cc(Br)cs2)[nH]1. The lowest BCUT2D eigenvalue weighted by molar-refractivity contribution is 1.27. The van der Waals surface area contributed by atoms with Crippen molar-refractivity contribution in [2.24, 2.45) is 0 Å². The number of rotatable bonds is 1. The van der Waals surface area contributed by atoms with Gasteiger partial charge in [0.15, 0.2) is 4.77 Å². The van der Waals surface area contributed by atoms with Gasteiger partial charge in [-0.2, -0.15) is 0 Å². The number of nitrogens with one attached hydrogen (secondary N) is 2. The largest absolute Gasteiger partial charge is 0.337 e. The third-order valence-corrected chi connectivity index (χ3v) is 3.37. The van der Waals surface area contributed by atoms with Crippen molar-refractivity contribution in [3.63, 3.8) is 0 Å². The molecule has 2 aromatic rings. The molecular formula is C7H5BrN2S2. The number of aromatic nitrogens is 2. The summed E-state index contributed by atoms with van der Waals surface area (Å²) in [7, 11) is 0. The summed E-state index contributed by atoms with van der Waals surface area (Å²) >= 11 is 9.99. The van der Waals surface area contributed by atoms with E-state index in [1.165, 1.54) is 4.88 Å². The van der Waals surface area contributed by atoms with Crippen LogP contribution in [0.5, 0.6) is 0 Å². The van der Waals surface area contributed by atoms with Gasteiger partial charge in [0.1, 0.15) is 0 Å². The summed E-state index contributed by atoms with van der Waals surface area (Å²) in [6.07, 6.45) is 1.88. The van der Waals surface area contributed by atoms with Crippen molar-refractivity contribution in [3.8, 4) is 10.6 Å². The number of aromatic amines is 2. The van der Waals surface area contributed by atoms with Gasteiger partial charge in [0.05, 0.1) is 10.6 Å². The van der Waals surface area contributed by atoms with Gasteiger partial charge >= 0.3 is 0 Å². The summed E-state index contributed by atoms with van der Waals surface area (Å²) in [5.41, 5.74) is 1.04. The van der Waals surface area contributed by atoms with E-state index in [9.17, 15) is 0 Å². The quantitative estimate of drug-likeness (QED) is 0.755. The number of thiophene rings is 1. The minimum absolute atomic E-state index is 0.662. The predicted octanol–water partition coefficient (Wildman–Crippen LogP) is 3.56. The van der Waals surface area contributed by atoms with Gasteiger partial charge in [0.2, 0.25) is 0 Å². The van der Waals surface area contributed by atoms with E-state index in [0.29, 0.717) is 4.77 Å². The molecule has 2 N–H and O–H groups in total. The molecule has 0 fully saturated rings. The maximum atomic E-state index is 4.92. The first-order valence-electron chi connectivity index (χ1n) is 3.28. The Morgan fingerprint density at radius 1 is 1.50 bits per heavy atom. The Hall–Kier alpha value is -0.390. The summed E-state index contributed by atoms with van der Waals surface area (Å²) < 4.78 is 1.76. The highest BCUT2D eigenvalue weighted by atomic mass is 79.9. The van der Waals surface area contributed by atoms with Crippen LogP contribution in [0.2, 0.25) is 0 Å². The fraction of sp³-hybridized carbons (Fsp3) is 0. The van der Waals surface area contributed by atoms with E-state index in [4.69, 9.17) is 12.2 Å². The minimum atomic E-state index is 0.662. The van der Waals surface area contributed by atoms with Gasteiger partial charge in [0, 0.05) is 16.0 Å². The van der Waals surface area contributed by atoms with Crippen LogP contribution in [0.25, 0.3) is 10.6 Å². The highest BCUT2D eigenvalue weighted by Gasteiger charge is 2.01. The molecule has 0 bridgehead atoms. The zero-order valence-corrected chi connectivity index (χ0v) is 9.15. The molecule has 12 heavy (non-hydrogen) atoms. The van der Waals surface area contributed by atoms with Crippen molar-refractivity contribution >= 4 is 39.5 Å². The molecule has 2 aromatic heterocycles. The summed E-state index contributed by atoms with van der Waals surface area (Å²) in [6.45, 7) is 0. The molecule has 0 aliphatic rings. The van der Waals surface area contributed by atoms with Crippen molar-refractivity contribution in [2.45, 2.75) is 0 Å². The Balaban J connectivity index is 2.50. The summed E-state index contributed by atoms with van der Waals surface area (Å²) in [6, 6.07) is 2.05. The zero-order chi connectivity index (χ0) is 8.55. The number of hydrogen-bond acceptors (Lipinski definition) is 2. The maximum Gasteiger partial charge on any atom is 0.174 e. The van der Waals surface area contributed by atoms with Crippen molar-refractivity contribution in [3.05, 3.63) is 26.9 Å². The normalized spacial score (nSPS) is 10.4. The van der Waals surface area contributed by atoms with Crippen LogP contribution in [0.4, 0.5) is 0 Å². The molecule has 2 rings (SSSR count). The molecule has 0 aliphatic carbocycles. The molecule has 0 aromatic carbocycles. The third kappa shape index (κ3) is 1.53. The van der Waals surface area contributed by atoms with Crippen molar-refractivity contribution in [1.82, 2.24) is 9.97 Å². The fourth-order valence-corrected chi connectivity index (χ4v) is 2.49. The van der Waals surface area contributed by atoms with Crippen LogP contribution in [0.3, 0.4) is 0 Å². The van der Waals surface area contributed by atoms with Crippen LogP contribution in [0, 0.1) is 4.77 Å². The highest BCUT2D eigenvalue weighted by molar-refractivity contribution is 9.10. The zero-order valence-electron chi connectivity index (χ0n) is 5.93. The predicted molar refractivity (Wildman–Crippen MR) is 57.0 cm³/mol. The Labute approximate surface area is 86.8 Å². The number of H-pyrrole nitrogens is 2. The number of halogens is 1. The molecule has 2 heterocycles. The Kier molecular flexibility index (Phi) is 2.16. The van der Waals surface area contributed by atoms with Crippen molar-refractivity contribution < 1.29 is 0 Å². The fourth-order valence-electron chi connectivity index (χ4n) is 0.919. The summed E-state index contributed by atoms with van der Waals surface area (Å²) in [4.78, 5) is 7.16. The second-order valence-corrected chi connectivity index (χ2v) is 4.52. The smallest absolute Gasteiger partial charge is 0.174 e. The lowest BCUT2D eigenvalue weighted by atomic mass is 10.4. The van der Waals surface area contributed by atoms with Crippen LogP contribution in [0.15, 0.2) is 22.1 Å². The molecule has 0 unspecified atom stereocenters. The van der Waals surface area contributed by atoms with Gasteiger partial charge < -0.3 is 9.97 Å². The van der Waals surface area contributed by atoms with Gasteiger partial charge in [-0.1, -0.05) is 0 Å². The third-order valence-electron chi connectivity index (χ3n) is 1.43. The van der Waals surface area contributed by atoms with Crippen LogP contribution in [-0.2, 0) is 0 Å². The average molecular weight is 261 g/mol. The molecule has 0 spiro atoms. The van der Waals surface area contributed by atoms with Crippen LogP contribution < -0.4 is 0 Å². The van der Waals surface area contributed by atoms with Gasteiger partial charge in [-0.25, -0.2) is 0 Å². The molecule has 0 aliphatic heterocycles. The van der Waals surface area contributed by atoms with Crippen LogP contribution in [0.1, 0.15) is 0 Å². The molecule has 0 amide bonds. The number of hydrogen-bond donors (Lipinski definition) is 2. The second kappa shape index (κ2) is 3.16. The Morgan fingerprint density at radius 3 is 2.83 bits per heavy atom. The first kappa shape index (κ1) is 8.22. The lowest BCUT2D eigenvalue weighted by Crippen LogP contribution is -1.67. The summed E-state index contributed by atoms with van der Waals surface area (Å²) in [5.74, 6) is 0. The average Bonchev–Trinajstić information content (AvgIpc) is 2.58. The van der Waals surface area contributed by atoms with E-state index in [-0.39, 0.29) is 0 Å². The highest BCUT2D eigenvalue weighted by Crippen LogP contribution is 2.27. The Morgan fingerprint density at radius 2 is 2.33 bits per heavy atom. The van der Waals surface area contributed by atoms with E-state index in [0.717, 1.165) is 10.2 Å². The number of imidazole rings is 1. The molecule has 2 nitrogen and oxygen atoms in total. The van der Waals surface area contributed by atoms with Crippen molar-refractivity contribution in [1.29, 1.82) is 0 Å². The minimum Gasteiger partial charge on any atom is -0.337 e. The molecule has 0 saturated heterocycles. The van der Waals surface area contributed by atoms with Gasteiger partial charge in [-0.3, -0.25) is 0 Å². The molecule has 0 atom stereocenters. The topological polar surface area (TPSA) is 31.6 Å². The molecule has 5 heteroatoms. The summed E-state index contributed by atoms with van der Waals surface area (Å²) in [5, 5.41) is 2.04. The van der Waals surface area contributed by atoms with Gasteiger partial charge in [0.25, 0.3) is 0 Å². The van der Waals surface area contributed by atoms with E-state index < -0.39 is 0 Å². The van der Waals surface area contributed by atoms with E-state index >= 15 is 0 Å². The first-order valence-corrected chi connectivity index (χ1v) is 5.36. The molecule has 62 valence electrons. The van der Waals surface area contributed by atoms with E-state index in [2.05, 4.69) is 32.0 Å². The maximum absolute atomic E-state index is 4.92. The Bertz CT molecular complexity index is 440. The van der Waals surface area contributed by atoms with Gasteiger partial charge in [-0.15, -0.1) is 11.3 Å². The monoisotopic (exact) mass is 260 g/mol. The van der Waals surface area contributed by atoms with Crippen LogP contribution in [-0.4, -0.2) is 9.97 Å². The lowest BCUT2D eigenvalue weighted by Gasteiger charge is -1.86. The molecule has 0 radical (unpaired) electrons. The standard InChI is InChI=1S/C7H5BrN2S2/c8-4-1-6(12-3-4)5-2-9-7(11)10-5/h1-3H,(H2,9,10,11). The first-order chi connectivity index (χ1) is 5.75. The van der Waals surface area contributed by atoms with Crippen LogP contribution >= 0.6 is 39.5 Å². The van der Waals surface area contributed by atoms with E-state index in [1.807, 2.05) is 11.6 Å². The second-order valence-electron chi connectivity index (χ2n) is 2.29. The molecular weight excluding hydrogens is 256 g/mol.